The van der Waals surface area contributed by atoms with Crippen LogP contribution in [0.3, 0.4) is 0 Å². The van der Waals surface area contributed by atoms with Crippen molar-refractivity contribution in [3.8, 4) is 0 Å². The fraction of sp³-hybridized carbons (Fsp3) is 0.571. The molecule has 0 spiro atoms. The standard InChI is InChI=1S/C14H19BrN2O2S/c1-14(2,3)13(19)17-8-6-16(7-9-17)12(18)10-4-5-11(15)20-10/h4-5H,6-9H2,1-3H3. The van der Waals surface area contributed by atoms with Crippen molar-refractivity contribution in [1.82, 2.24) is 9.80 Å². The molecule has 110 valence electrons. The van der Waals surface area contributed by atoms with Crippen molar-refractivity contribution >= 4 is 39.1 Å². The minimum atomic E-state index is -0.356. The molecule has 1 fully saturated rings. The Morgan fingerprint density at radius 1 is 1.10 bits per heavy atom. The maximum atomic E-state index is 12.3. The highest BCUT2D eigenvalue weighted by molar-refractivity contribution is 9.11. The number of thiophene rings is 1. The molecule has 6 heteroatoms. The number of hydrogen-bond acceptors (Lipinski definition) is 3. The predicted octanol–water partition coefficient (Wildman–Crippen LogP) is 2.84. The maximum absolute atomic E-state index is 12.3. The van der Waals surface area contributed by atoms with E-state index in [2.05, 4.69) is 15.9 Å². The lowest BCUT2D eigenvalue weighted by atomic mass is 9.94. The van der Waals surface area contributed by atoms with Gasteiger partial charge in [0.2, 0.25) is 5.91 Å². The first-order valence-corrected chi connectivity index (χ1v) is 8.24. The van der Waals surface area contributed by atoms with Crippen LogP contribution in [0.15, 0.2) is 15.9 Å². The van der Waals surface area contributed by atoms with Crippen LogP contribution in [0.25, 0.3) is 0 Å². The summed E-state index contributed by atoms with van der Waals surface area (Å²) in [5.41, 5.74) is -0.356. The van der Waals surface area contributed by atoms with Gasteiger partial charge in [-0.2, -0.15) is 0 Å². The molecule has 20 heavy (non-hydrogen) atoms. The third-order valence-corrected chi connectivity index (χ3v) is 4.89. The Kier molecular flexibility index (Phi) is 4.54. The smallest absolute Gasteiger partial charge is 0.264 e. The van der Waals surface area contributed by atoms with Gasteiger partial charge in [0.25, 0.3) is 5.91 Å². The van der Waals surface area contributed by atoms with Crippen molar-refractivity contribution in [3.63, 3.8) is 0 Å². The van der Waals surface area contributed by atoms with Crippen LogP contribution in [0.4, 0.5) is 0 Å². The second-order valence-electron chi connectivity index (χ2n) is 5.94. The Morgan fingerprint density at radius 3 is 2.10 bits per heavy atom. The summed E-state index contributed by atoms with van der Waals surface area (Å²) >= 11 is 4.82. The summed E-state index contributed by atoms with van der Waals surface area (Å²) in [4.78, 5) is 28.9. The summed E-state index contributed by atoms with van der Waals surface area (Å²) in [5.74, 6) is 0.215. The number of piperazine rings is 1. The SMILES string of the molecule is CC(C)(C)C(=O)N1CCN(C(=O)c2ccc(Br)s2)CC1. The summed E-state index contributed by atoms with van der Waals surface area (Å²) in [6.07, 6.45) is 0. The van der Waals surface area contributed by atoms with Crippen LogP contribution in [-0.2, 0) is 4.79 Å². The summed E-state index contributed by atoms with van der Waals surface area (Å²) < 4.78 is 0.961. The van der Waals surface area contributed by atoms with Gasteiger partial charge in [-0.05, 0) is 28.1 Å². The zero-order valence-corrected chi connectivity index (χ0v) is 14.4. The van der Waals surface area contributed by atoms with E-state index in [1.807, 2.05) is 42.7 Å². The molecule has 0 aliphatic carbocycles. The van der Waals surface area contributed by atoms with Gasteiger partial charge < -0.3 is 9.80 Å². The van der Waals surface area contributed by atoms with Crippen LogP contribution in [0.2, 0.25) is 0 Å². The van der Waals surface area contributed by atoms with Crippen LogP contribution in [0.5, 0.6) is 0 Å². The van der Waals surface area contributed by atoms with Crippen molar-refractivity contribution in [1.29, 1.82) is 0 Å². The highest BCUT2D eigenvalue weighted by Crippen LogP contribution is 2.24. The topological polar surface area (TPSA) is 40.6 Å². The molecule has 4 nitrogen and oxygen atoms in total. The van der Waals surface area contributed by atoms with Gasteiger partial charge in [-0.3, -0.25) is 9.59 Å². The molecular weight excluding hydrogens is 340 g/mol. The third kappa shape index (κ3) is 3.41. The Labute approximate surface area is 131 Å². The van der Waals surface area contributed by atoms with E-state index in [0.717, 1.165) is 8.66 Å². The lowest BCUT2D eigenvalue weighted by Crippen LogP contribution is -2.52. The Balaban J connectivity index is 1.95. The average molecular weight is 359 g/mol. The van der Waals surface area contributed by atoms with E-state index in [0.29, 0.717) is 26.2 Å². The van der Waals surface area contributed by atoms with Crippen LogP contribution < -0.4 is 0 Å². The fourth-order valence-corrected chi connectivity index (χ4v) is 3.53. The molecule has 0 N–H and O–H groups in total. The first-order chi connectivity index (χ1) is 9.29. The van der Waals surface area contributed by atoms with E-state index in [9.17, 15) is 9.59 Å². The minimum absolute atomic E-state index is 0.0588. The second kappa shape index (κ2) is 5.85. The molecule has 0 unspecified atom stereocenters. The molecule has 1 aromatic heterocycles. The zero-order chi connectivity index (χ0) is 14.9. The number of nitrogens with zero attached hydrogens (tertiary/aromatic N) is 2. The van der Waals surface area contributed by atoms with Gasteiger partial charge in [0.15, 0.2) is 0 Å². The molecular formula is C14H19BrN2O2S. The van der Waals surface area contributed by atoms with Crippen molar-refractivity contribution in [2.45, 2.75) is 20.8 Å². The molecule has 0 bridgehead atoms. The number of hydrogen-bond donors (Lipinski definition) is 0. The van der Waals surface area contributed by atoms with Gasteiger partial charge in [0, 0.05) is 31.6 Å². The van der Waals surface area contributed by atoms with E-state index in [1.165, 1.54) is 11.3 Å². The third-order valence-electron chi connectivity index (χ3n) is 3.28. The molecule has 2 amide bonds. The summed E-state index contributed by atoms with van der Waals surface area (Å²) in [6.45, 7) is 8.23. The van der Waals surface area contributed by atoms with E-state index in [-0.39, 0.29) is 17.2 Å². The van der Waals surface area contributed by atoms with Crippen molar-refractivity contribution in [3.05, 3.63) is 20.8 Å². The first kappa shape index (κ1) is 15.5. The van der Waals surface area contributed by atoms with Crippen molar-refractivity contribution in [2.24, 2.45) is 5.41 Å². The van der Waals surface area contributed by atoms with Gasteiger partial charge in [0.1, 0.15) is 0 Å². The summed E-state index contributed by atoms with van der Waals surface area (Å²) in [7, 11) is 0. The average Bonchev–Trinajstić information content (AvgIpc) is 2.83. The molecule has 0 aromatic carbocycles. The lowest BCUT2D eigenvalue weighted by Gasteiger charge is -2.37. The molecule has 1 aliphatic rings. The normalized spacial score (nSPS) is 16.4. The number of carbonyl (C=O) groups is 2. The lowest BCUT2D eigenvalue weighted by molar-refractivity contribution is -0.140. The van der Waals surface area contributed by atoms with Gasteiger partial charge in [0.05, 0.1) is 8.66 Å². The number of amides is 2. The minimum Gasteiger partial charge on any atom is -0.339 e. The van der Waals surface area contributed by atoms with E-state index in [1.54, 1.807) is 0 Å². The van der Waals surface area contributed by atoms with E-state index in [4.69, 9.17) is 0 Å². The molecule has 2 heterocycles. The number of carbonyl (C=O) groups excluding carboxylic acids is 2. The predicted molar refractivity (Wildman–Crippen MR) is 84.0 cm³/mol. The van der Waals surface area contributed by atoms with Crippen molar-refractivity contribution < 1.29 is 9.59 Å². The zero-order valence-electron chi connectivity index (χ0n) is 12.0. The Hall–Kier alpha value is -0.880. The Morgan fingerprint density at radius 2 is 1.65 bits per heavy atom. The van der Waals surface area contributed by atoms with Crippen LogP contribution in [-0.4, -0.2) is 47.8 Å². The second-order valence-corrected chi connectivity index (χ2v) is 8.40. The largest absolute Gasteiger partial charge is 0.339 e. The molecule has 0 atom stereocenters. The molecule has 2 rings (SSSR count). The highest BCUT2D eigenvalue weighted by Gasteiger charge is 2.31. The summed E-state index contributed by atoms with van der Waals surface area (Å²) in [6, 6.07) is 3.72. The molecule has 1 saturated heterocycles. The van der Waals surface area contributed by atoms with Crippen molar-refractivity contribution in [2.75, 3.05) is 26.2 Å². The molecule has 1 aliphatic heterocycles. The molecule has 0 saturated carbocycles. The quantitative estimate of drug-likeness (QED) is 0.774. The summed E-state index contributed by atoms with van der Waals surface area (Å²) in [5, 5.41) is 0. The first-order valence-electron chi connectivity index (χ1n) is 6.63. The van der Waals surface area contributed by atoms with Crippen LogP contribution in [0, 0.1) is 5.41 Å². The number of rotatable bonds is 1. The van der Waals surface area contributed by atoms with Gasteiger partial charge in [-0.15, -0.1) is 11.3 Å². The monoisotopic (exact) mass is 358 g/mol. The van der Waals surface area contributed by atoms with E-state index < -0.39 is 0 Å². The molecule has 0 radical (unpaired) electrons. The van der Waals surface area contributed by atoms with Gasteiger partial charge in [-0.25, -0.2) is 0 Å². The van der Waals surface area contributed by atoms with E-state index >= 15 is 0 Å². The maximum Gasteiger partial charge on any atom is 0.264 e. The van der Waals surface area contributed by atoms with Crippen LogP contribution in [0.1, 0.15) is 30.4 Å². The van der Waals surface area contributed by atoms with Gasteiger partial charge >= 0.3 is 0 Å². The molecule has 1 aromatic rings. The fourth-order valence-electron chi connectivity index (χ4n) is 2.17. The van der Waals surface area contributed by atoms with Gasteiger partial charge in [-0.1, -0.05) is 20.8 Å². The highest BCUT2D eigenvalue weighted by atomic mass is 79.9. The van der Waals surface area contributed by atoms with Crippen LogP contribution >= 0.6 is 27.3 Å². The Bertz CT molecular complexity index is 513. The number of halogens is 1.